The maximum absolute atomic E-state index is 13.1. The first-order chi connectivity index (χ1) is 16.2. The topological polar surface area (TPSA) is 100 Å². The molecule has 1 aromatic heterocycles. The number of H-pyrrole nitrogens is 1. The van der Waals surface area contributed by atoms with E-state index in [-0.39, 0.29) is 18.3 Å². The molecule has 2 amide bonds. The third kappa shape index (κ3) is 5.56. The molecule has 0 bridgehead atoms. The third-order valence-corrected chi connectivity index (χ3v) is 5.21. The van der Waals surface area contributed by atoms with Crippen LogP contribution in [-0.2, 0) is 11.2 Å². The molecule has 0 radical (unpaired) electrons. The van der Waals surface area contributed by atoms with Crippen molar-refractivity contribution in [2.45, 2.75) is 31.2 Å². The lowest BCUT2D eigenvalue weighted by molar-refractivity contribution is -0.120. The van der Waals surface area contributed by atoms with Crippen molar-refractivity contribution >= 4 is 29.1 Å². The Balaban J connectivity index is 1.46. The lowest BCUT2D eigenvalue weighted by Gasteiger charge is -2.20. The summed E-state index contributed by atoms with van der Waals surface area (Å²) in [6.45, 7) is 3.58. The summed E-state index contributed by atoms with van der Waals surface area (Å²) in [7, 11) is 1.63. The fourth-order valence-corrected chi connectivity index (χ4v) is 3.44. The Labute approximate surface area is 202 Å². The van der Waals surface area contributed by atoms with Crippen LogP contribution in [0.5, 0.6) is 5.75 Å². The van der Waals surface area contributed by atoms with Crippen molar-refractivity contribution < 1.29 is 14.3 Å². The molecular weight excluding hydrogens is 454 g/mol. The molecule has 1 aliphatic rings. The average Bonchev–Trinajstić information content (AvgIpc) is 3.24. The van der Waals surface area contributed by atoms with Crippen molar-refractivity contribution in [3.8, 4) is 17.6 Å². The molecule has 1 aliphatic heterocycles. The van der Waals surface area contributed by atoms with E-state index < -0.39 is 16.8 Å². The number of rotatable bonds is 4. The number of halogens is 1. The number of carbonyl (C=O) groups is 2. The van der Waals surface area contributed by atoms with Crippen LogP contribution in [0.1, 0.15) is 41.4 Å². The molecular formula is C25H24ClN5O3. The van der Waals surface area contributed by atoms with Crippen LogP contribution in [0, 0.1) is 11.8 Å². The molecule has 4 rings (SSSR count). The predicted molar refractivity (Wildman–Crippen MR) is 129 cm³/mol. The van der Waals surface area contributed by atoms with Crippen molar-refractivity contribution in [2.75, 3.05) is 18.6 Å². The van der Waals surface area contributed by atoms with E-state index in [0.717, 1.165) is 5.56 Å². The number of aromatic nitrogens is 3. The van der Waals surface area contributed by atoms with Gasteiger partial charge in [-0.25, -0.2) is 4.98 Å². The first-order valence-corrected chi connectivity index (χ1v) is 11.1. The SMILES string of the molecule is CN1C(=O)C(NC(=O)c2n[nH]c(Cc3ccccc3)n2)COc2ccc(C#CC(C)(C)Cl)cc21. The number of likely N-dealkylation sites (N-methyl/N-ethyl adjacent to an activating group) is 1. The number of hydrogen-bond donors (Lipinski definition) is 2. The maximum atomic E-state index is 13.1. The van der Waals surface area contributed by atoms with Gasteiger partial charge in [0.15, 0.2) is 0 Å². The molecule has 0 fully saturated rings. The van der Waals surface area contributed by atoms with E-state index in [1.54, 1.807) is 39.1 Å². The van der Waals surface area contributed by atoms with Crippen LogP contribution in [0.4, 0.5) is 5.69 Å². The smallest absolute Gasteiger partial charge is 0.291 e. The third-order valence-electron chi connectivity index (χ3n) is 5.11. The summed E-state index contributed by atoms with van der Waals surface area (Å²) in [6, 6.07) is 14.1. The molecule has 9 heteroatoms. The minimum atomic E-state index is -0.905. The lowest BCUT2D eigenvalue weighted by Crippen LogP contribution is -2.49. The average molecular weight is 478 g/mol. The standard InChI is InChI=1S/C25H24ClN5O3/c1-25(2,26)12-11-17-9-10-20-19(13-17)31(3)24(33)18(15-34-20)27-23(32)22-28-21(29-30-22)14-16-7-5-4-6-8-16/h4-10,13,18H,14-15H2,1-3H3,(H,27,32)(H,28,29,30). The fraction of sp³-hybridized carbons (Fsp3) is 0.280. The van der Waals surface area contributed by atoms with E-state index in [1.807, 2.05) is 30.3 Å². The molecule has 0 spiro atoms. The monoisotopic (exact) mass is 477 g/mol. The minimum absolute atomic E-state index is 0.0249. The van der Waals surface area contributed by atoms with E-state index in [2.05, 4.69) is 32.3 Å². The van der Waals surface area contributed by atoms with Crippen molar-refractivity contribution in [1.82, 2.24) is 20.5 Å². The van der Waals surface area contributed by atoms with Crippen molar-refractivity contribution in [3.63, 3.8) is 0 Å². The Kier molecular flexibility index (Phi) is 6.57. The highest BCUT2D eigenvalue weighted by Gasteiger charge is 2.31. The molecule has 1 unspecified atom stereocenters. The van der Waals surface area contributed by atoms with E-state index in [1.165, 1.54) is 4.90 Å². The van der Waals surface area contributed by atoms with Crippen LogP contribution >= 0.6 is 11.6 Å². The molecule has 0 saturated carbocycles. The number of ether oxygens (including phenoxy) is 1. The Morgan fingerprint density at radius 2 is 2.06 bits per heavy atom. The number of amides is 2. The van der Waals surface area contributed by atoms with Gasteiger partial charge < -0.3 is 15.0 Å². The molecule has 3 aromatic rings. The molecule has 2 aromatic carbocycles. The molecule has 34 heavy (non-hydrogen) atoms. The summed E-state index contributed by atoms with van der Waals surface area (Å²) >= 11 is 6.15. The molecule has 0 saturated heterocycles. The van der Waals surface area contributed by atoms with Gasteiger partial charge in [0.05, 0.1) is 10.6 Å². The first-order valence-electron chi connectivity index (χ1n) is 10.7. The molecule has 174 valence electrons. The first kappa shape index (κ1) is 23.3. The quantitative estimate of drug-likeness (QED) is 0.444. The molecule has 2 heterocycles. The second kappa shape index (κ2) is 9.57. The van der Waals surface area contributed by atoms with Crippen LogP contribution < -0.4 is 15.0 Å². The highest BCUT2D eigenvalue weighted by molar-refractivity contribution is 6.25. The number of alkyl halides is 1. The van der Waals surface area contributed by atoms with Gasteiger partial charge in [-0.3, -0.25) is 14.7 Å². The predicted octanol–water partition coefficient (Wildman–Crippen LogP) is 2.92. The van der Waals surface area contributed by atoms with Crippen LogP contribution in [-0.4, -0.2) is 51.6 Å². The van der Waals surface area contributed by atoms with Gasteiger partial charge in [-0.05, 0) is 37.6 Å². The normalized spacial score (nSPS) is 15.5. The Morgan fingerprint density at radius 1 is 1.29 bits per heavy atom. The molecule has 1 atom stereocenters. The number of nitrogens with zero attached hydrogens (tertiary/aromatic N) is 3. The number of nitrogens with one attached hydrogen (secondary N) is 2. The molecule has 2 N–H and O–H groups in total. The maximum Gasteiger partial charge on any atom is 0.291 e. The summed E-state index contributed by atoms with van der Waals surface area (Å²) in [5.41, 5.74) is 2.30. The summed E-state index contributed by atoms with van der Waals surface area (Å²) in [5, 5.41) is 9.45. The second-order valence-electron chi connectivity index (χ2n) is 8.41. The Bertz CT molecular complexity index is 1270. The Hall–Kier alpha value is -3.83. The van der Waals surface area contributed by atoms with E-state index in [4.69, 9.17) is 16.3 Å². The number of aromatic amines is 1. The summed E-state index contributed by atoms with van der Waals surface area (Å²) in [5.74, 6) is 6.11. The minimum Gasteiger partial charge on any atom is -0.489 e. The van der Waals surface area contributed by atoms with Crippen LogP contribution in [0.2, 0.25) is 0 Å². The van der Waals surface area contributed by atoms with Crippen LogP contribution in [0.15, 0.2) is 48.5 Å². The number of hydrogen-bond acceptors (Lipinski definition) is 5. The van der Waals surface area contributed by atoms with Gasteiger partial charge >= 0.3 is 0 Å². The number of anilines is 1. The van der Waals surface area contributed by atoms with Gasteiger partial charge in [0.1, 0.15) is 24.2 Å². The van der Waals surface area contributed by atoms with E-state index >= 15 is 0 Å². The largest absolute Gasteiger partial charge is 0.489 e. The van der Waals surface area contributed by atoms with Crippen molar-refractivity contribution in [3.05, 3.63) is 71.3 Å². The van der Waals surface area contributed by atoms with Crippen molar-refractivity contribution in [1.29, 1.82) is 0 Å². The van der Waals surface area contributed by atoms with E-state index in [0.29, 0.717) is 29.2 Å². The number of carbonyl (C=O) groups excluding carboxylic acids is 2. The zero-order valence-corrected chi connectivity index (χ0v) is 19.8. The zero-order valence-electron chi connectivity index (χ0n) is 19.1. The van der Waals surface area contributed by atoms with E-state index in [9.17, 15) is 9.59 Å². The highest BCUT2D eigenvalue weighted by atomic mass is 35.5. The summed E-state index contributed by atoms with van der Waals surface area (Å²) in [4.78, 5) is 30.9. The number of benzene rings is 2. The fourth-order valence-electron chi connectivity index (χ4n) is 3.39. The van der Waals surface area contributed by atoms with Gasteiger partial charge in [-0.1, -0.05) is 42.2 Å². The second-order valence-corrected chi connectivity index (χ2v) is 9.35. The van der Waals surface area contributed by atoms with Crippen LogP contribution in [0.25, 0.3) is 0 Å². The summed E-state index contributed by atoms with van der Waals surface area (Å²) in [6.07, 6.45) is 0.511. The van der Waals surface area contributed by atoms with Gasteiger partial charge in [-0.2, -0.15) is 0 Å². The van der Waals surface area contributed by atoms with Gasteiger partial charge in [0.25, 0.3) is 11.8 Å². The lowest BCUT2D eigenvalue weighted by atomic mass is 10.1. The van der Waals surface area contributed by atoms with Gasteiger partial charge in [-0.15, -0.1) is 16.7 Å². The highest BCUT2D eigenvalue weighted by Crippen LogP contribution is 2.31. The summed E-state index contributed by atoms with van der Waals surface area (Å²) < 4.78 is 5.82. The number of fused-ring (bicyclic) bond motifs is 1. The Morgan fingerprint density at radius 3 is 2.79 bits per heavy atom. The van der Waals surface area contributed by atoms with Gasteiger partial charge in [0, 0.05) is 19.0 Å². The van der Waals surface area contributed by atoms with Crippen LogP contribution in [0.3, 0.4) is 0 Å². The molecule has 8 nitrogen and oxygen atoms in total. The zero-order chi connectivity index (χ0) is 24.3. The van der Waals surface area contributed by atoms with Gasteiger partial charge in [0.2, 0.25) is 5.82 Å². The van der Waals surface area contributed by atoms with Crippen molar-refractivity contribution in [2.24, 2.45) is 0 Å². The molecule has 0 aliphatic carbocycles.